The Balaban J connectivity index is 1.93. The lowest BCUT2D eigenvalue weighted by Crippen LogP contribution is -2.37. The van der Waals surface area contributed by atoms with E-state index >= 15 is 0 Å². The summed E-state index contributed by atoms with van der Waals surface area (Å²) in [6.45, 7) is 0.332. The van der Waals surface area contributed by atoms with Crippen molar-refractivity contribution in [3.05, 3.63) is 29.8 Å². The normalized spacial score (nSPS) is 21.0. The molecule has 1 fully saturated rings. The van der Waals surface area contributed by atoms with Crippen LogP contribution in [0.15, 0.2) is 24.3 Å². The van der Waals surface area contributed by atoms with Crippen molar-refractivity contribution < 1.29 is 23.1 Å². The molecular formula is C16H22N2O5S. The number of rotatable bonds is 6. The van der Waals surface area contributed by atoms with Crippen LogP contribution in [0, 0.1) is 11.8 Å². The molecular weight excluding hydrogens is 332 g/mol. The van der Waals surface area contributed by atoms with Gasteiger partial charge in [0.2, 0.25) is 10.0 Å². The van der Waals surface area contributed by atoms with E-state index in [4.69, 9.17) is 0 Å². The lowest BCUT2D eigenvalue weighted by Gasteiger charge is -2.28. The highest BCUT2D eigenvalue weighted by Gasteiger charge is 2.30. The first-order valence-electron chi connectivity index (χ1n) is 7.85. The van der Waals surface area contributed by atoms with Crippen LogP contribution < -0.4 is 10.0 Å². The fourth-order valence-corrected chi connectivity index (χ4v) is 3.57. The van der Waals surface area contributed by atoms with Gasteiger partial charge >= 0.3 is 5.97 Å². The summed E-state index contributed by atoms with van der Waals surface area (Å²) in [7, 11) is -3.36. The van der Waals surface area contributed by atoms with E-state index in [1.165, 1.54) is 24.3 Å². The summed E-state index contributed by atoms with van der Waals surface area (Å²) in [6.07, 6.45) is 4.40. The van der Waals surface area contributed by atoms with Crippen molar-refractivity contribution in [2.45, 2.75) is 25.7 Å². The topological polar surface area (TPSA) is 113 Å². The smallest absolute Gasteiger partial charge is 0.306 e. The Bertz CT molecular complexity index is 700. The number of carboxylic acid groups (broad SMARTS) is 1. The van der Waals surface area contributed by atoms with Crippen LogP contribution in [-0.4, -0.2) is 38.2 Å². The Morgan fingerprint density at radius 3 is 2.38 bits per heavy atom. The number of carboxylic acids is 1. The van der Waals surface area contributed by atoms with Gasteiger partial charge in [0.25, 0.3) is 5.91 Å². The second kappa shape index (κ2) is 7.65. The molecule has 3 N–H and O–H groups in total. The van der Waals surface area contributed by atoms with Gasteiger partial charge in [0.15, 0.2) is 0 Å². The maximum Gasteiger partial charge on any atom is 0.306 e. The van der Waals surface area contributed by atoms with Crippen molar-refractivity contribution in [3.63, 3.8) is 0 Å². The number of nitrogens with one attached hydrogen (secondary N) is 2. The van der Waals surface area contributed by atoms with Gasteiger partial charge in [-0.15, -0.1) is 0 Å². The first-order chi connectivity index (χ1) is 11.3. The van der Waals surface area contributed by atoms with E-state index in [1.807, 2.05) is 0 Å². The number of benzene rings is 1. The summed E-state index contributed by atoms with van der Waals surface area (Å²) in [5.74, 6) is -1.55. The van der Waals surface area contributed by atoms with Crippen molar-refractivity contribution in [1.29, 1.82) is 0 Å². The van der Waals surface area contributed by atoms with E-state index in [2.05, 4.69) is 10.0 Å². The van der Waals surface area contributed by atoms with Gasteiger partial charge in [-0.1, -0.05) is 12.8 Å². The lowest BCUT2D eigenvalue weighted by atomic mass is 9.79. The predicted octanol–water partition coefficient (Wildman–Crippen LogP) is 1.68. The Labute approximate surface area is 141 Å². The van der Waals surface area contributed by atoms with E-state index in [0.717, 1.165) is 25.5 Å². The van der Waals surface area contributed by atoms with Gasteiger partial charge in [-0.2, -0.15) is 0 Å². The van der Waals surface area contributed by atoms with Crippen molar-refractivity contribution in [2.24, 2.45) is 11.8 Å². The molecule has 0 bridgehead atoms. The Kier molecular flexibility index (Phi) is 5.82. The highest BCUT2D eigenvalue weighted by atomic mass is 32.2. The fraction of sp³-hybridized carbons (Fsp3) is 0.500. The maximum absolute atomic E-state index is 12.2. The minimum atomic E-state index is -3.36. The van der Waals surface area contributed by atoms with Crippen LogP contribution in [0.3, 0.4) is 0 Å². The van der Waals surface area contributed by atoms with Gasteiger partial charge in [0, 0.05) is 17.8 Å². The molecule has 0 heterocycles. The number of sulfonamides is 1. The van der Waals surface area contributed by atoms with E-state index in [0.29, 0.717) is 24.2 Å². The second-order valence-electron chi connectivity index (χ2n) is 6.15. The maximum atomic E-state index is 12.2. The molecule has 7 nitrogen and oxygen atoms in total. The zero-order valence-corrected chi connectivity index (χ0v) is 14.3. The fourth-order valence-electron chi connectivity index (χ4n) is 3.01. The van der Waals surface area contributed by atoms with Gasteiger partial charge in [-0.05, 0) is 43.0 Å². The van der Waals surface area contributed by atoms with Crippen LogP contribution in [0.4, 0.5) is 5.69 Å². The molecule has 1 aliphatic carbocycles. The van der Waals surface area contributed by atoms with Gasteiger partial charge < -0.3 is 10.4 Å². The van der Waals surface area contributed by atoms with Crippen molar-refractivity contribution in [1.82, 2.24) is 5.32 Å². The summed E-state index contributed by atoms with van der Waals surface area (Å²) < 4.78 is 24.6. The number of hydrogen-bond acceptors (Lipinski definition) is 4. The van der Waals surface area contributed by atoms with Crippen molar-refractivity contribution in [3.8, 4) is 0 Å². The van der Waals surface area contributed by atoms with Gasteiger partial charge in [-0.3, -0.25) is 14.3 Å². The highest BCUT2D eigenvalue weighted by Crippen LogP contribution is 2.29. The molecule has 132 valence electrons. The summed E-state index contributed by atoms with van der Waals surface area (Å²) in [4.78, 5) is 23.4. The minimum absolute atomic E-state index is 0.0497. The van der Waals surface area contributed by atoms with E-state index < -0.39 is 21.9 Å². The third-order valence-electron chi connectivity index (χ3n) is 4.20. The summed E-state index contributed by atoms with van der Waals surface area (Å²) >= 11 is 0. The molecule has 1 aliphatic rings. The minimum Gasteiger partial charge on any atom is -0.481 e. The van der Waals surface area contributed by atoms with Crippen LogP contribution >= 0.6 is 0 Å². The molecule has 0 saturated heterocycles. The van der Waals surface area contributed by atoms with Crippen molar-refractivity contribution in [2.75, 3.05) is 17.5 Å². The number of hydrogen-bond donors (Lipinski definition) is 3. The largest absolute Gasteiger partial charge is 0.481 e. The first kappa shape index (κ1) is 18.3. The molecule has 1 saturated carbocycles. The average Bonchev–Trinajstić information content (AvgIpc) is 2.52. The molecule has 1 aromatic carbocycles. The zero-order chi connectivity index (χ0) is 17.7. The SMILES string of the molecule is CS(=O)(=O)Nc1ccc(C(=O)NC[C@@H]2CCCC[C@@H]2C(=O)O)cc1. The quantitative estimate of drug-likeness (QED) is 0.719. The summed E-state index contributed by atoms with van der Waals surface area (Å²) in [5, 5.41) is 12.0. The average molecular weight is 354 g/mol. The molecule has 8 heteroatoms. The van der Waals surface area contributed by atoms with Crippen LogP contribution in [0.2, 0.25) is 0 Å². The van der Waals surface area contributed by atoms with Gasteiger partial charge in [0.1, 0.15) is 0 Å². The Hall–Kier alpha value is -2.09. The molecule has 1 aromatic rings. The number of aliphatic carboxylic acids is 1. The van der Waals surface area contributed by atoms with Gasteiger partial charge in [0.05, 0.1) is 12.2 Å². The standard InChI is InChI=1S/C16H22N2O5S/c1-24(22,23)18-13-8-6-11(7-9-13)15(19)17-10-12-4-2-3-5-14(12)16(20)21/h6-9,12,14,18H,2-5,10H2,1H3,(H,17,19)(H,20,21)/t12-,14-/m0/s1. The molecule has 0 spiro atoms. The number of carbonyl (C=O) groups excluding carboxylic acids is 1. The zero-order valence-electron chi connectivity index (χ0n) is 13.5. The number of carbonyl (C=O) groups is 2. The molecule has 24 heavy (non-hydrogen) atoms. The third kappa shape index (κ3) is 5.23. The first-order valence-corrected chi connectivity index (χ1v) is 9.74. The molecule has 0 unspecified atom stereocenters. The van der Waals surface area contributed by atoms with Crippen LogP contribution in [-0.2, 0) is 14.8 Å². The Morgan fingerprint density at radius 2 is 1.79 bits per heavy atom. The van der Waals surface area contributed by atoms with Gasteiger partial charge in [-0.25, -0.2) is 8.42 Å². The molecule has 0 radical (unpaired) electrons. The predicted molar refractivity (Wildman–Crippen MR) is 90.3 cm³/mol. The Morgan fingerprint density at radius 1 is 1.17 bits per heavy atom. The van der Waals surface area contributed by atoms with Crippen LogP contribution in [0.1, 0.15) is 36.0 Å². The van der Waals surface area contributed by atoms with Crippen LogP contribution in [0.25, 0.3) is 0 Å². The third-order valence-corrected chi connectivity index (χ3v) is 4.81. The van der Waals surface area contributed by atoms with Crippen LogP contribution in [0.5, 0.6) is 0 Å². The molecule has 0 aromatic heterocycles. The van der Waals surface area contributed by atoms with E-state index in [9.17, 15) is 23.1 Å². The lowest BCUT2D eigenvalue weighted by molar-refractivity contribution is -0.144. The van der Waals surface area contributed by atoms with Crippen molar-refractivity contribution >= 4 is 27.6 Å². The number of amides is 1. The highest BCUT2D eigenvalue weighted by molar-refractivity contribution is 7.92. The number of anilines is 1. The summed E-state index contributed by atoms with van der Waals surface area (Å²) in [6, 6.07) is 6.07. The van der Waals surface area contributed by atoms with E-state index in [1.54, 1.807) is 0 Å². The molecule has 2 rings (SSSR count). The molecule has 1 amide bonds. The second-order valence-corrected chi connectivity index (χ2v) is 7.90. The van der Waals surface area contributed by atoms with E-state index in [-0.39, 0.29) is 11.8 Å². The monoisotopic (exact) mass is 354 g/mol. The molecule has 0 aliphatic heterocycles. The summed E-state index contributed by atoms with van der Waals surface area (Å²) in [5.41, 5.74) is 0.781. The molecule has 2 atom stereocenters.